The summed E-state index contributed by atoms with van der Waals surface area (Å²) in [7, 11) is 0. The zero-order valence-corrected chi connectivity index (χ0v) is 33.1. The molecular formula is C57H36N4. The summed E-state index contributed by atoms with van der Waals surface area (Å²) in [5, 5.41) is 0. The van der Waals surface area contributed by atoms with Crippen LogP contribution < -0.4 is 0 Å². The Balaban J connectivity index is 0.926. The monoisotopic (exact) mass is 776 g/mol. The van der Waals surface area contributed by atoms with E-state index in [0.717, 1.165) is 39.1 Å². The summed E-state index contributed by atoms with van der Waals surface area (Å²) in [6.07, 6.45) is 1.81. The first kappa shape index (κ1) is 34.9. The third-order valence-electron chi connectivity index (χ3n) is 12.4. The molecule has 0 radical (unpaired) electrons. The molecule has 12 rings (SSSR count). The Morgan fingerprint density at radius 1 is 0.279 bits per heavy atom. The zero-order chi connectivity index (χ0) is 40.3. The summed E-state index contributed by atoms with van der Waals surface area (Å²) < 4.78 is 0. The highest BCUT2D eigenvalue weighted by molar-refractivity contribution is 6.00. The van der Waals surface area contributed by atoms with Crippen molar-refractivity contribution in [1.29, 1.82) is 0 Å². The van der Waals surface area contributed by atoms with E-state index in [1.807, 2.05) is 54.7 Å². The van der Waals surface area contributed by atoms with Crippen molar-refractivity contribution in [3.63, 3.8) is 0 Å². The SMILES string of the molecule is c1ccc(-c2nc(-c3ccc(-c4cccc(-c5cccc6c5-c5ccccc5C65c6ccccc6-c6ccccc65)c4)cc3)nc(-c3ccc(-c4ccccn4)cc3)n2)cc1. The number of aromatic nitrogens is 4. The van der Waals surface area contributed by atoms with Crippen LogP contribution in [0.3, 0.4) is 0 Å². The van der Waals surface area contributed by atoms with E-state index in [0.29, 0.717) is 17.5 Å². The largest absolute Gasteiger partial charge is 0.256 e. The van der Waals surface area contributed by atoms with Crippen molar-refractivity contribution in [3.05, 3.63) is 241 Å². The van der Waals surface area contributed by atoms with Crippen LogP contribution in [-0.4, -0.2) is 19.9 Å². The van der Waals surface area contributed by atoms with E-state index in [1.54, 1.807) is 0 Å². The Kier molecular flexibility index (Phi) is 8.04. The molecule has 284 valence electrons. The highest BCUT2D eigenvalue weighted by Crippen LogP contribution is 2.63. The highest BCUT2D eigenvalue weighted by atomic mass is 15.0. The molecule has 2 aliphatic rings. The molecule has 0 aliphatic heterocycles. The Morgan fingerprint density at radius 3 is 1.34 bits per heavy atom. The van der Waals surface area contributed by atoms with Crippen molar-refractivity contribution in [2.75, 3.05) is 0 Å². The number of hydrogen-bond donors (Lipinski definition) is 0. The maximum atomic E-state index is 5.03. The van der Waals surface area contributed by atoms with Crippen LogP contribution in [0.2, 0.25) is 0 Å². The molecule has 2 aromatic heterocycles. The summed E-state index contributed by atoms with van der Waals surface area (Å²) >= 11 is 0. The van der Waals surface area contributed by atoms with Gasteiger partial charge in [0.1, 0.15) is 0 Å². The molecule has 4 heteroatoms. The van der Waals surface area contributed by atoms with Gasteiger partial charge in [0.05, 0.1) is 11.1 Å². The Labute approximate surface area is 354 Å². The van der Waals surface area contributed by atoms with Gasteiger partial charge in [-0.2, -0.15) is 0 Å². The van der Waals surface area contributed by atoms with Crippen molar-refractivity contribution in [1.82, 2.24) is 19.9 Å². The molecule has 8 aromatic carbocycles. The molecule has 0 amide bonds. The number of fused-ring (bicyclic) bond motifs is 10. The first-order chi connectivity index (χ1) is 30.2. The molecule has 0 unspecified atom stereocenters. The summed E-state index contributed by atoms with van der Waals surface area (Å²) in [4.78, 5) is 19.5. The molecule has 1 spiro atoms. The van der Waals surface area contributed by atoms with Crippen molar-refractivity contribution in [2.24, 2.45) is 0 Å². The second-order valence-electron chi connectivity index (χ2n) is 15.7. The molecule has 0 atom stereocenters. The minimum absolute atomic E-state index is 0.374. The van der Waals surface area contributed by atoms with E-state index in [2.05, 4.69) is 169 Å². The molecule has 4 nitrogen and oxygen atoms in total. The smallest absolute Gasteiger partial charge is 0.164 e. The molecule has 0 bridgehead atoms. The first-order valence-electron chi connectivity index (χ1n) is 20.7. The topological polar surface area (TPSA) is 51.6 Å². The molecule has 0 saturated heterocycles. The summed E-state index contributed by atoms with van der Waals surface area (Å²) in [5.74, 6) is 1.88. The Bertz CT molecular complexity index is 3240. The van der Waals surface area contributed by atoms with Crippen molar-refractivity contribution in [2.45, 2.75) is 5.41 Å². The van der Waals surface area contributed by atoms with Gasteiger partial charge in [-0.15, -0.1) is 0 Å². The third kappa shape index (κ3) is 5.53. The van der Waals surface area contributed by atoms with Gasteiger partial charge in [0, 0.05) is 28.5 Å². The molecule has 0 N–H and O–H groups in total. The van der Waals surface area contributed by atoms with Crippen molar-refractivity contribution >= 4 is 0 Å². The van der Waals surface area contributed by atoms with Gasteiger partial charge in [-0.1, -0.05) is 194 Å². The van der Waals surface area contributed by atoms with Gasteiger partial charge in [0.2, 0.25) is 0 Å². The average Bonchev–Trinajstić information content (AvgIpc) is 3.82. The van der Waals surface area contributed by atoms with Crippen LogP contribution in [0, 0.1) is 0 Å². The molecule has 0 fully saturated rings. The van der Waals surface area contributed by atoms with E-state index >= 15 is 0 Å². The lowest BCUT2D eigenvalue weighted by molar-refractivity contribution is 0.794. The fourth-order valence-corrected chi connectivity index (χ4v) is 9.74. The van der Waals surface area contributed by atoms with E-state index in [1.165, 1.54) is 55.6 Å². The van der Waals surface area contributed by atoms with E-state index in [4.69, 9.17) is 15.0 Å². The lowest BCUT2D eigenvalue weighted by Gasteiger charge is -2.30. The van der Waals surface area contributed by atoms with E-state index < -0.39 is 0 Å². The molecule has 10 aromatic rings. The Hall–Kier alpha value is -8.08. The zero-order valence-electron chi connectivity index (χ0n) is 33.1. The van der Waals surface area contributed by atoms with Crippen LogP contribution in [0.4, 0.5) is 0 Å². The van der Waals surface area contributed by atoms with E-state index in [-0.39, 0.29) is 5.41 Å². The predicted octanol–water partition coefficient (Wildman–Crippen LogP) is 13.6. The molecular weight excluding hydrogens is 741 g/mol. The quantitative estimate of drug-likeness (QED) is 0.169. The van der Waals surface area contributed by atoms with Gasteiger partial charge in [0.25, 0.3) is 0 Å². The second-order valence-corrected chi connectivity index (χ2v) is 15.7. The molecule has 2 heterocycles. The fraction of sp³-hybridized carbons (Fsp3) is 0.0175. The van der Waals surface area contributed by atoms with Crippen LogP contribution in [0.15, 0.2) is 219 Å². The summed E-state index contributed by atoms with van der Waals surface area (Å²) in [6.45, 7) is 0. The van der Waals surface area contributed by atoms with Crippen molar-refractivity contribution < 1.29 is 0 Å². The average molecular weight is 777 g/mol. The van der Waals surface area contributed by atoms with Crippen LogP contribution in [0.1, 0.15) is 22.3 Å². The maximum Gasteiger partial charge on any atom is 0.164 e. The van der Waals surface area contributed by atoms with Crippen LogP contribution in [-0.2, 0) is 5.41 Å². The van der Waals surface area contributed by atoms with Gasteiger partial charge in [-0.05, 0) is 85.0 Å². The van der Waals surface area contributed by atoms with E-state index in [9.17, 15) is 0 Å². The Morgan fingerprint density at radius 2 is 0.721 bits per heavy atom. The normalized spacial score (nSPS) is 12.7. The minimum atomic E-state index is -0.374. The number of benzene rings is 8. The van der Waals surface area contributed by atoms with Crippen LogP contribution >= 0.6 is 0 Å². The molecule has 61 heavy (non-hydrogen) atoms. The van der Waals surface area contributed by atoms with Gasteiger partial charge >= 0.3 is 0 Å². The minimum Gasteiger partial charge on any atom is -0.256 e. The second kappa shape index (κ2) is 14.0. The van der Waals surface area contributed by atoms with Crippen LogP contribution in [0.25, 0.3) is 89.9 Å². The lowest BCUT2D eigenvalue weighted by atomic mass is 9.70. The number of nitrogens with zero attached hydrogens (tertiary/aromatic N) is 4. The number of rotatable bonds is 6. The highest BCUT2D eigenvalue weighted by Gasteiger charge is 2.51. The van der Waals surface area contributed by atoms with Gasteiger partial charge in [0.15, 0.2) is 17.5 Å². The van der Waals surface area contributed by atoms with Gasteiger partial charge < -0.3 is 0 Å². The first-order valence-corrected chi connectivity index (χ1v) is 20.7. The van der Waals surface area contributed by atoms with Crippen molar-refractivity contribution in [3.8, 4) is 89.9 Å². The maximum absolute atomic E-state index is 5.03. The fourth-order valence-electron chi connectivity index (χ4n) is 9.74. The standard InChI is InChI=1S/C57H36N4/c1-2-14-39(15-3-1)54-59-55(61-56(60-54)41-33-29-38(30-34-41)52-26-10-11-35-58-52)40-31-27-37(28-32-40)42-16-12-17-43(36-42)44-21-13-25-51-53(44)47-20-6-9-24-50(47)57(51)48-22-7-4-18-45(48)46-19-5-8-23-49(46)57/h1-36H. The summed E-state index contributed by atoms with van der Waals surface area (Å²) in [5.41, 5.74) is 19.7. The third-order valence-corrected chi connectivity index (χ3v) is 12.4. The molecule has 0 saturated carbocycles. The van der Waals surface area contributed by atoms with Gasteiger partial charge in [-0.25, -0.2) is 15.0 Å². The predicted molar refractivity (Wildman–Crippen MR) is 247 cm³/mol. The van der Waals surface area contributed by atoms with Crippen LogP contribution in [0.5, 0.6) is 0 Å². The molecule has 2 aliphatic carbocycles. The lowest BCUT2D eigenvalue weighted by Crippen LogP contribution is -2.25. The summed E-state index contributed by atoms with van der Waals surface area (Å²) in [6, 6.07) is 75.7. The van der Waals surface area contributed by atoms with Gasteiger partial charge in [-0.3, -0.25) is 4.98 Å². The number of hydrogen-bond acceptors (Lipinski definition) is 4. The number of pyridine rings is 1.